The van der Waals surface area contributed by atoms with E-state index in [1.54, 1.807) is 7.11 Å². The van der Waals surface area contributed by atoms with E-state index in [9.17, 15) is 4.79 Å². The average Bonchev–Trinajstić information content (AvgIpc) is 2.48. The Morgan fingerprint density at radius 3 is 1.91 bits per heavy atom. The van der Waals surface area contributed by atoms with Gasteiger partial charge in [0.05, 0.1) is 25.6 Å². The maximum atomic E-state index is 12.4. The minimum atomic E-state index is -1.11. The van der Waals surface area contributed by atoms with Gasteiger partial charge in [-0.2, -0.15) is 0 Å². The van der Waals surface area contributed by atoms with Crippen LogP contribution >= 0.6 is 7.26 Å². The zero-order valence-corrected chi connectivity index (χ0v) is 18.6. The molecule has 0 bridgehead atoms. The van der Waals surface area contributed by atoms with Crippen molar-refractivity contribution < 1.29 is 42.2 Å². The van der Waals surface area contributed by atoms with Crippen molar-refractivity contribution in [1.29, 1.82) is 0 Å². The molecule has 0 spiro atoms. The Labute approximate surface area is 161 Å². The van der Waals surface area contributed by atoms with Gasteiger partial charge in [0.15, 0.2) is 0 Å². The molecule has 0 aliphatic heterocycles. The third-order valence-corrected chi connectivity index (χ3v) is 9.48. The average molecular weight is 399 g/mol. The smallest absolute Gasteiger partial charge is 0.261 e. The number of nitrogens with one attached hydrogen (secondary N) is 1. The molecule has 0 aliphatic rings. The number of carbonyl (C=O) groups excluding carboxylic acids is 1. The number of benzene rings is 1. The molecule has 1 amide bonds. The molecule has 1 aromatic carbocycles. The Morgan fingerprint density at radius 2 is 1.55 bits per heavy atom. The molecule has 1 N–H and O–H groups in total. The van der Waals surface area contributed by atoms with Gasteiger partial charge in [-0.05, 0) is 57.9 Å². The van der Waals surface area contributed by atoms with Crippen molar-refractivity contribution in [2.24, 2.45) is 0 Å². The van der Waals surface area contributed by atoms with Gasteiger partial charge < -0.3 is 10.1 Å². The van der Waals surface area contributed by atoms with Crippen molar-refractivity contribution in [3.63, 3.8) is 0 Å². The molecule has 1 radical (unpaired) electrons. The Kier molecular flexibility index (Phi) is 10.0. The molecule has 5 heteroatoms. The molecule has 1 aromatic rings. The quantitative estimate of drug-likeness (QED) is 0.694. The molecule has 0 atom stereocenters. The monoisotopic (exact) mass is 399 g/mol. The second-order valence-corrected chi connectivity index (χ2v) is 10.5. The molecule has 3 nitrogen and oxygen atoms in total. The van der Waals surface area contributed by atoms with Crippen LogP contribution < -0.4 is 10.1 Å². The molecule has 0 fully saturated rings. The van der Waals surface area contributed by atoms with Gasteiger partial charge >= 0.3 is 0 Å². The van der Waals surface area contributed by atoms with Crippen LogP contribution in [0.4, 0.5) is 5.69 Å². The van der Waals surface area contributed by atoms with E-state index in [4.69, 9.17) is 4.74 Å². The van der Waals surface area contributed by atoms with Crippen LogP contribution in [-0.2, 0) is 37.5 Å². The van der Waals surface area contributed by atoms with Gasteiger partial charge in [0.1, 0.15) is 11.9 Å². The van der Waals surface area contributed by atoms with Crippen LogP contribution in [0.5, 0.6) is 5.75 Å². The van der Waals surface area contributed by atoms with Crippen LogP contribution in [0.2, 0.25) is 0 Å². The van der Waals surface area contributed by atoms with Gasteiger partial charge in [0.25, 0.3) is 5.91 Å². The summed E-state index contributed by atoms with van der Waals surface area (Å²) in [7, 11) is 0.548. The van der Waals surface area contributed by atoms with Crippen molar-refractivity contribution in [3.8, 4) is 5.75 Å². The Balaban J connectivity index is 0.00000441. The third kappa shape index (κ3) is 5.58. The summed E-state index contributed by atoms with van der Waals surface area (Å²) in [4.78, 5) is 12.4. The van der Waals surface area contributed by atoms with E-state index in [-0.39, 0.29) is 38.6 Å². The van der Waals surface area contributed by atoms with Crippen LogP contribution in [-0.4, -0.2) is 37.7 Å². The fourth-order valence-electron chi connectivity index (χ4n) is 2.73. The Hall–Kier alpha value is 0.0239. The van der Waals surface area contributed by atoms with Gasteiger partial charge in [0.2, 0.25) is 0 Å². The molecule has 0 aliphatic carbocycles. The van der Waals surface area contributed by atoms with E-state index in [0.29, 0.717) is 6.16 Å². The van der Waals surface area contributed by atoms with Gasteiger partial charge in [0, 0.05) is 45.7 Å². The first-order chi connectivity index (χ1) is 9.91. The van der Waals surface area contributed by atoms with E-state index in [0.717, 1.165) is 41.0 Å². The van der Waals surface area contributed by atoms with Gasteiger partial charge in [-0.15, -0.1) is 0 Å². The van der Waals surface area contributed by atoms with E-state index >= 15 is 0 Å². The van der Waals surface area contributed by atoms with Crippen molar-refractivity contribution in [2.75, 3.05) is 37.1 Å². The second kappa shape index (κ2) is 10.0. The Bertz CT molecular complexity index is 470. The summed E-state index contributed by atoms with van der Waals surface area (Å²) in [5.74, 6) is 0.991. The predicted molar refractivity (Wildman–Crippen MR) is 94.5 cm³/mol. The molecule has 121 valence electrons. The standard InChI is InChI=1S/C17H28NO2P.Y/c1-7-21(8-2,9-3)12-16(19)18-17-13(4)10-15(20-6)11-14(17)5;/h10-11H,7-9,12H2,1-6H3;/p+1. The third-order valence-electron chi connectivity index (χ3n) is 4.50. The van der Waals surface area contributed by atoms with E-state index in [1.165, 1.54) is 0 Å². The number of carbonyl (C=O) groups is 1. The summed E-state index contributed by atoms with van der Waals surface area (Å²) in [5.41, 5.74) is 3.03. The first kappa shape index (κ1) is 22.0. The van der Waals surface area contributed by atoms with Crippen LogP contribution in [0.25, 0.3) is 0 Å². The zero-order valence-electron chi connectivity index (χ0n) is 14.8. The number of methoxy groups -OCH3 is 1. The van der Waals surface area contributed by atoms with Gasteiger partial charge in [-0.3, -0.25) is 4.79 Å². The van der Waals surface area contributed by atoms with E-state index in [1.807, 2.05) is 26.0 Å². The number of hydrogen-bond donors (Lipinski definition) is 1. The minimum absolute atomic E-state index is 0. The molecule has 0 unspecified atom stereocenters. The number of aryl methyl sites for hydroxylation is 2. The summed E-state index contributed by atoms with van der Waals surface area (Å²) in [6.45, 7) is 10.7. The predicted octanol–water partition coefficient (Wildman–Crippen LogP) is 4.33. The largest absolute Gasteiger partial charge is 0.497 e. The number of rotatable bonds is 7. The number of hydrogen-bond acceptors (Lipinski definition) is 2. The van der Waals surface area contributed by atoms with Crippen molar-refractivity contribution >= 4 is 18.9 Å². The normalized spacial score (nSPS) is 10.8. The molecule has 0 saturated carbocycles. The van der Waals surface area contributed by atoms with Gasteiger partial charge in [-0.1, -0.05) is 0 Å². The maximum absolute atomic E-state index is 12.4. The fourth-order valence-corrected chi connectivity index (χ4v) is 5.43. The topological polar surface area (TPSA) is 38.3 Å². The van der Waals surface area contributed by atoms with Crippen molar-refractivity contribution in [3.05, 3.63) is 23.3 Å². The summed E-state index contributed by atoms with van der Waals surface area (Å²) < 4.78 is 5.26. The van der Waals surface area contributed by atoms with Crippen molar-refractivity contribution in [1.82, 2.24) is 0 Å². The van der Waals surface area contributed by atoms with Crippen LogP contribution in [0, 0.1) is 13.8 Å². The molecule has 22 heavy (non-hydrogen) atoms. The summed E-state index contributed by atoms with van der Waals surface area (Å²) in [6, 6.07) is 3.93. The molecule has 0 saturated heterocycles. The maximum Gasteiger partial charge on any atom is 0.261 e. The van der Waals surface area contributed by atoms with Crippen LogP contribution in [0.3, 0.4) is 0 Å². The molecule has 1 rings (SSSR count). The van der Waals surface area contributed by atoms with Crippen molar-refractivity contribution in [2.45, 2.75) is 34.6 Å². The molecular formula is C17H29NO2PY+. The molecular weight excluding hydrogens is 370 g/mol. The van der Waals surface area contributed by atoms with Crippen LogP contribution in [0.15, 0.2) is 12.1 Å². The van der Waals surface area contributed by atoms with Crippen LogP contribution in [0.1, 0.15) is 31.9 Å². The van der Waals surface area contributed by atoms with Gasteiger partial charge in [-0.25, -0.2) is 0 Å². The fraction of sp³-hybridized carbons (Fsp3) is 0.588. The first-order valence-electron chi connectivity index (χ1n) is 7.71. The zero-order chi connectivity index (χ0) is 16.0. The summed E-state index contributed by atoms with van der Waals surface area (Å²) >= 11 is 0. The minimum Gasteiger partial charge on any atom is -0.497 e. The Morgan fingerprint density at radius 1 is 1.09 bits per heavy atom. The van der Waals surface area contributed by atoms with E-state index < -0.39 is 7.26 Å². The number of anilines is 1. The number of ether oxygens (including phenoxy) is 1. The molecule has 0 aromatic heterocycles. The second-order valence-electron chi connectivity index (χ2n) is 5.63. The van der Waals surface area contributed by atoms with E-state index in [2.05, 4.69) is 26.1 Å². The summed E-state index contributed by atoms with van der Waals surface area (Å²) in [6.07, 6.45) is 4.14. The molecule has 0 heterocycles. The first-order valence-corrected chi connectivity index (χ1v) is 10.2. The number of amides is 1. The summed E-state index contributed by atoms with van der Waals surface area (Å²) in [5, 5.41) is 3.12. The SMILES string of the molecule is CC[P+](CC)(CC)CC(=O)Nc1c(C)cc(OC)cc1C.[Y].